The van der Waals surface area contributed by atoms with Gasteiger partial charge in [-0.15, -0.1) is 0 Å². The lowest BCUT2D eigenvalue weighted by Gasteiger charge is -2.44. The summed E-state index contributed by atoms with van der Waals surface area (Å²) in [5.74, 6) is 0. The van der Waals surface area contributed by atoms with E-state index in [2.05, 4.69) is 49.9 Å². The summed E-state index contributed by atoms with van der Waals surface area (Å²) in [6, 6.07) is 10.9. The van der Waals surface area contributed by atoms with Crippen LogP contribution in [0.15, 0.2) is 24.3 Å². The first kappa shape index (κ1) is 14.1. The van der Waals surface area contributed by atoms with E-state index in [1.165, 1.54) is 50.6 Å². The van der Waals surface area contributed by atoms with Crippen LogP contribution in [-0.2, 0) is 5.41 Å². The zero-order chi connectivity index (χ0) is 14.2. The Hall–Kier alpha value is -0.820. The lowest BCUT2D eigenvalue weighted by Crippen LogP contribution is -2.41. The second-order valence-electron chi connectivity index (χ2n) is 7.26. The van der Waals surface area contributed by atoms with Gasteiger partial charge in [0, 0.05) is 12.1 Å². The van der Waals surface area contributed by atoms with Crippen molar-refractivity contribution >= 4 is 0 Å². The molecule has 0 radical (unpaired) electrons. The summed E-state index contributed by atoms with van der Waals surface area (Å²) in [6.07, 6.45) is 8.33. The van der Waals surface area contributed by atoms with Gasteiger partial charge in [0.2, 0.25) is 0 Å². The van der Waals surface area contributed by atoms with Crippen LogP contribution in [-0.4, -0.2) is 23.5 Å². The number of hydrogen-bond donors (Lipinski definition) is 0. The third kappa shape index (κ3) is 2.53. The molecule has 1 aromatic rings. The fraction of sp³-hybridized carbons (Fsp3) is 0.684. The van der Waals surface area contributed by atoms with Gasteiger partial charge in [-0.1, -0.05) is 36.2 Å². The molecule has 1 heteroatoms. The van der Waals surface area contributed by atoms with E-state index in [0.29, 0.717) is 5.41 Å². The molecule has 0 amide bonds. The molecule has 2 aliphatic rings. The monoisotopic (exact) mass is 271 g/mol. The SMILES string of the molecule is Cc1ccc(C2(CCN3C(C)CCC3C)CCC2)cc1. The van der Waals surface area contributed by atoms with E-state index in [9.17, 15) is 0 Å². The summed E-state index contributed by atoms with van der Waals surface area (Å²) >= 11 is 0. The van der Waals surface area contributed by atoms with E-state index in [-0.39, 0.29) is 0 Å². The van der Waals surface area contributed by atoms with Crippen LogP contribution in [0, 0.1) is 6.92 Å². The van der Waals surface area contributed by atoms with Gasteiger partial charge in [-0.3, -0.25) is 4.90 Å². The quantitative estimate of drug-likeness (QED) is 0.768. The molecule has 1 saturated heterocycles. The maximum absolute atomic E-state index is 2.74. The Morgan fingerprint density at radius 3 is 2.15 bits per heavy atom. The second-order valence-corrected chi connectivity index (χ2v) is 7.26. The van der Waals surface area contributed by atoms with Crippen molar-refractivity contribution in [3.63, 3.8) is 0 Å². The zero-order valence-electron chi connectivity index (χ0n) is 13.4. The van der Waals surface area contributed by atoms with Crippen molar-refractivity contribution in [3.05, 3.63) is 35.4 Å². The highest BCUT2D eigenvalue weighted by atomic mass is 15.2. The normalized spacial score (nSPS) is 29.4. The third-order valence-electron chi connectivity index (χ3n) is 5.96. The zero-order valence-corrected chi connectivity index (χ0v) is 13.4. The maximum atomic E-state index is 2.74. The van der Waals surface area contributed by atoms with Crippen molar-refractivity contribution in [2.24, 2.45) is 0 Å². The van der Waals surface area contributed by atoms with Crippen LogP contribution in [0.25, 0.3) is 0 Å². The summed E-state index contributed by atoms with van der Waals surface area (Å²) in [5, 5.41) is 0. The van der Waals surface area contributed by atoms with Crippen molar-refractivity contribution < 1.29 is 0 Å². The number of nitrogens with zero attached hydrogens (tertiary/aromatic N) is 1. The Kier molecular flexibility index (Phi) is 3.90. The number of aryl methyl sites for hydroxylation is 1. The number of hydrogen-bond acceptors (Lipinski definition) is 1. The molecule has 1 aromatic carbocycles. The fourth-order valence-corrected chi connectivity index (χ4v) is 4.23. The summed E-state index contributed by atoms with van der Waals surface area (Å²) in [6.45, 7) is 8.28. The molecule has 1 nitrogen and oxygen atoms in total. The lowest BCUT2D eigenvalue weighted by molar-refractivity contribution is 0.151. The van der Waals surface area contributed by atoms with Crippen molar-refractivity contribution in [2.45, 2.75) is 76.8 Å². The highest BCUT2D eigenvalue weighted by molar-refractivity contribution is 5.30. The van der Waals surface area contributed by atoms with Gasteiger partial charge in [0.05, 0.1) is 0 Å². The number of rotatable bonds is 4. The average Bonchev–Trinajstić information content (AvgIpc) is 2.70. The van der Waals surface area contributed by atoms with Gasteiger partial charge in [-0.05, 0) is 70.4 Å². The van der Waals surface area contributed by atoms with Crippen LogP contribution in [0.4, 0.5) is 0 Å². The Bertz CT molecular complexity index is 433. The van der Waals surface area contributed by atoms with Crippen molar-refractivity contribution in [1.82, 2.24) is 4.90 Å². The van der Waals surface area contributed by atoms with Crippen molar-refractivity contribution in [1.29, 1.82) is 0 Å². The predicted octanol–water partition coefficient (Wildman–Crippen LogP) is 4.68. The van der Waals surface area contributed by atoms with Crippen LogP contribution >= 0.6 is 0 Å². The Labute approximate surface area is 124 Å². The first-order valence-electron chi connectivity index (χ1n) is 8.44. The van der Waals surface area contributed by atoms with Gasteiger partial charge in [0.1, 0.15) is 0 Å². The lowest BCUT2D eigenvalue weighted by atomic mass is 9.62. The summed E-state index contributed by atoms with van der Waals surface area (Å²) in [5.41, 5.74) is 3.47. The Balaban J connectivity index is 1.69. The van der Waals surface area contributed by atoms with E-state index >= 15 is 0 Å². The standard InChI is InChI=1S/C19H29N/c1-15-5-9-18(10-6-15)19(11-4-12-19)13-14-20-16(2)7-8-17(20)3/h5-6,9-10,16-17H,4,7-8,11-14H2,1-3H3. The van der Waals surface area contributed by atoms with Crippen molar-refractivity contribution in [2.75, 3.05) is 6.54 Å². The molecule has 20 heavy (non-hydrogen) atoms. The van der Waals surface area contributed by atoms with Crippen LogP contribution < -0.4 is 0 Å². The molecule has 110 valence electrons. The smallest absolute Gasteiger partial charge is 0.00703 e. The molecule has 1 aliphatic heterocycles. The molecule has 2 fully saturated rings. The molecule has 0 aromatic heterocycles. The molecule has 3 rings (SSSR count). The van der Waals surface area contributed by atoms with Crippen LogP contribution in [0.2, 0.25) is 0 Å². The summed E-state index contributed by atoms with van der Waals surface area (Å²) in [4.78, 5) is 2.74. The molecule has 1 heterocycles. The van der Waals surface area contributed by atoms with Crippen LogP contribution in [0.3, 0.4) is 0 Å². The largest absolute Gasteiger partial charge is 0.298 e. The highest BCUT2D eigenvalue weighted by Crippen LogP contribution is 2.47. The molecule has 0 N–H and O–H groups in total. The van der Waals surface area contributed by atoms with Gasteiger partial charge < -0.3 is 0 Å². The van der Waals surface area contributed by atoms with E-state index in [0.717, 1.165) is 12.1 Å². The molecule has 2 unspecified atom stereocenters. The van der Waals surface area contributed by atoms with Gasteiger partial charge in [0.25, 0.3) is 0 Å². The molecule has 2 atom stereocenters. The topological polar surface area (TPSA) is 3.24 Å². The summed E-state index contributed by atoms with van der Waals surface area (Å²) in [7, 11) is 0. The molecule has 1 saturated carbocycles. The minimum Gasteiger partial charge on any atom is -0.298 e. The van der Waals surface area contributed by atoms with Crippen molar-refractivity contribution in [3.8, 4) is 0 Å². The molecule has 0 bridgehead atoms. The Morgan fingerprint density at radius 1 is 1.05 bits per heavy atom. The first-order valence-corrected chi connectivity index (χ1v) is 8.44. The van der Waals surface area contributed by atoms with E-state index < -0.39 is 0 Å². The third-order valence-corrected chi connectivity index (χ3v) is 5.96. The average molecular weight is 271 g/mol. The number of benzene rings is 1. The fourth-order valence-electron chi connectivity index (χ4n) is 4.23. The minimum absolute atomic E-state index is 0.496. The highest BCUT2D eigenvalue weighted by Gasteiger charge is 2.39. The molecule has 1 aliphatic carbocycles. The van der Waals surface area contributed by atoms with Crippen LogP contribution in [0.5, 0.6) is 0 Å². The van der Waals surface area contributed by atoms with E-state index in [4.69, 9.17) is 0 Å². The van der Waals surface area contributed by atoms with E-state index in [1.807, 2.05) is 0 Å². The second kappa shape index (κ2) is 5.52. The Morgan fingerprint density at radius 2 is 1.65 bits per heavy atom. The molecular formula is C19H29N. The number of likely N-dealkylation sites (tertiary alicyclic amines) is 1. The van der Waals surface area contributed by atoms with E-state index in [1.54, 1.807) is 5.56 Å². The predicted molar refractivity (Wildman–Crippen MR) is 86.2 cm³/mol. The first-order chi connectivity index (χ1) is 9.61. The van der Waals surface area contributed by atoms with Crippen LogP contribution in [0.1, 0.15) is 63.5 Å². The maximum Gasteiger partial charge on any atom is 0.00703 e. The van der Waals surface area contributed by atoms with Gasteiger partial charge in [-0.2, -0.15) is 0 Å². The van der Waals surface area contributed by atoms with Gasteiger partial charge >= 0.3 is 0 Å². The molecular weight excluding hydrogens is 242 g/mol. The minimum atomic E-state index is 0.496. The summed E-state index contributed by atoms with van der Waals surface area (Å²) < 4.78 is 0. The molecule has 0 spiro atoms. The van der Waals surface area contributed by atoms with Gasteiger partial charge in [0.15, 0.2) is 0 Å². The van der Waals surface area contributed by atoms with Gasteiger partial charge in [-0.25, -0.2) is 0 Å².